The smallest absolute Gasteiger partial charge is 0.410 e. The van der Waals surface area contributed by atoms with Crippen molar-refractivity contribution >= 4 is 22.9 Å². The van der Waals surface area contributed by atoms with Crippen LogP contribution in [0.5, 0.6) is 5.75 Å². The van der Waals surface area contributed by atoms with Crippen molar-refractivity contribution < 1.29 is 36.6 Å². The van der Waals surface area contributed by atoms with Crippen LogP contribution in [0.3, 0.4) is 0 Å². The molecule has 1 fully saturated rings. The van der Waals surface area contributed by atoms with Crippen LogP contribution in [-0.2, 0) is 16.7 Å². The molecule has 1 aliphatic rings. The minimum absolute atomic E-state index is 0.00575. The van der Waals surface area contributed by atoms with Gasteiger partial charge >= 0.3 is 6.09 Å². The molecule has 3 aromatic rings. The van der Waals surface area contributed by atoms with Crippen molar-refractivity contribution in [2.24, 2.45) is 5.92 Å². The molecular formula is C35H47F4N5O4. The number of carbonyl (C=O) groups excluding carboxylic acids is 2. The van der Waals surface area contributed by atoms with E-state index in [1.54, 1.807) is 38.4 Å². The second-order valence-corrected chi connectivity index (χ2v) is 15.2. The van der Waals surface area contributed by atoms with E-state index in [0.29, 0.717) is 36.2 Å². The first-order chi connectivity index (χ1) is 22.2. The monoisotopic (exact) mass is 677 g/mol. The highest BCUT2D eigenvalue weighted by atomic mass is 19.1. The van der Waals surface area contributed by atoms with Gasteiger partial charge in [0.05, 0.1) is 29.8 Å². The average molecular weight is 678 g/mol. The maximum absolute atomic E-state index is 15.5. The molecule has 0 spiro atoms. The zero-order chi connectivity index (χ0) is 35.8. The number of amides is 1. The maximum Gasteiger partial charge on any atom is 0.410 e. The van der Waals surface area contributed by atoms with Gasteiger partial charge < -0.3 is 14.4 Å². The number of nitrogens with zero attached hydrogens (tertiary/aromatic N) is 5. The predicted octanol–water partition coefficient (Wildman–Crippen LogP) is 6.89. The summed E-state index contributed by atoms with van der Waals surface area (Å²) in [5.74, 6) is -3.22. The minimum atomic E-state index is -1.78. The summed E-state index contributed by atoms with van der Waals surface area (Å²) in [7, 11) is 0. The summed E-state index contributed by atoms with van der Waals surface area (Å²) in [5, 5.41) is 8.67. The summed E-state index contributed by atoms with van der Waals surface area (Å²) < 4.78 is 71.5. The molecule has 1 unspecified atom stereocenters. The first-order valence-corrected chi connectivity index (χ1v) is 16.2. The number of aromatic nitrogens is 3. The number of benzene rings is 2. The van der Waals surface area contributed by atoms with Gasteiger partial charge in [-0.3, -0.25) is 14.1 Å². The van der Waals surface area contributed by atoms with E-state index in [9.17, 15) is 18.4 Å². The van der Waals surface area contributed by atoms with Gasteiger partial charge in [-0.1, -0.05) is 5.21 Å². The Morgan fingerprint density at radius 1 is 1.04 bits per heavy atom. The van der Waals surface area contributed by atoms with Crippen molar-refractivity contribution in [3.63, 3.8) is 0 Å². The Bertz CT molecular complexity index is 1610. The van der Waals surface area contributed by atoms with Gasteiger partial charge in [0.25, 0.3) is 0 Å². The standard InChI is InChI=1S/C35H47F4N5O4/c1-21(43(20-35(8,9)39)32(46)48-34(5,6)7)14-25-24(10-11-28-30(25)40-41-44(28)33(2,3)4)31(45)29-26(37)15-23(16-27(29)38)47-13-12-42-18-22(17-36)19-42/h10-11,15-16,21-22H,12-14,17-20H2,1-9H3. The number of alkyl halides is 2. The highest BCUT2D eigenvalue weighted by Gasteiger charge is 2.34. The van der Waals surface area contributed by atoms with Crippen molar-refractivity contribution in [1.82, 2.24) is 24.8 Å². The number of likely N-dealkylation sites (tertiary alicyclic amines) is 1. The lowest BCUT2D eigenvalue weighted by molar-refractivity contribution is 0.00505. The molecule has 0 saturated carbocycles. The lowest BCUT2D eigenvalue weighted by Gasteiger charge is -2.37. The second kappa shape index (κ2) is 14.0. The van der Waals surface area contributed by atoms with Crippen molar-refractivity contribution in [2.45, 2.75) is 91.6 Å². The molecule has 1 aliphatic heterocycles. The van der Waals surface area contributed by atoms with Crippen LogP contribution in [0, 0.1) is 17.6 Å². The van der Waals surface area contributed by atoms with Crippen LogP contribution in [0.15, 0.2) is 24.3 Å². The van der Waals surface area contributed by atoms with Gasteiger partial charge in [-0.2, -0.15) is 0 Å². The largest absolute Gasteiger partial charge is 0.492 e. The molecule has 4 rings (SSSR count). The molecule has 1 aromatic heterocycles. The Morgan fingerprint density at radius 3 is 2.21 bits per heavy atom. The van der Waals surface area contributed by atoms with Crippen molar-refractivity contribution in [3.05, 3.63) is 52.6 Å². The summed E-state index contributed by atoms with van der Waals surface area (Å²) >= 11 is 0. The van der Waals surface area contributed by atoms with Crippen molar-refractivity contribution in [2.75, 3.05) is 39.5 Å². The van der Waals surface area contributed by atoms with Crippen LogP contribution in [-0.4, -0.2) is 93.4 Å². The molecular weight excluding hydrogens is 630 g/mol. The van der Waals surface area contributed by atoms with Gasteiger partial charge in [0.1, 0.15) is 40.8 Å². The molecule has 0 radical (unpaired) electrons. The minimum Gasteiger partial charge on any atom is -0.492 e. The van der Waals surface area contributed by atoms with Gasteiger partial charge in [-0.15, -0.1) is 5.10 Å². The molecule has 1 atom stereocenters. The van der Waals surface area contributed by atoms with E-state index in [0.717, 1.165) is 12.1 Å². The van der Waals surface area contributed by atoms with Crippen LogP contribution < -0.4 is 4.74 Å². The molecule has 1 amide bonds. The third-order valence-corrected chi connectivity index (χ3v) is 7.98. The van der Waals surface area contributed by atoms with Crippen LogP contribution in [0.4, 0.5) is 22.4 Å². The van der Waals surface area contributed by atoms with E-state index in [4.69, 9.17) is 9.47 Å². The number of fused-ring (bicyclic) bond motifs is 1. The molecule has 9 nitrogen and oxygen atoms in total. The molecule has 2 aromatic carbocycles. The van der Waals surface area contributed by atoms with E-state index < -0.39 is 51.9 Å². The molecule has 1 saturated heterocycles. The SMILES string of the molecule is CC(Cc1c(C(=O)c2c(F)cc(OCCN3CC(CF)C3)cc2F)ccc2c1nnn2C(C)(C)C)N(CC(C)(C)F)C(=O)OC(C)(C)C. The van der Waals surface area contributed by atoms with Crippen LogP contribution >= 0.6 is 0 Å². The van der Waals surface area contributed by atoms with Gasteiger partial charge in [0.15, 0.2) is 5.78 Å². The Labute approximate surface area is 279 Å². The third kappa shape index (κ3) is 8.83. The number of halogens is 4. The second-order valence-electron chi connectivity index (χ2n) is 15.2. The highest BCUT2D eigenvalue weighted by Crippen LogP contribution is 2.31. The Balaban J connectivity index is 1.71. The fraction of sp³-hybridized carbons (Fsp3) is 0.600. The van der Waals surface area contributed by atoms with Gasteiger partial charge in [0.2, 0.25) is 0 Å². The number of ether oxygens (including phenoxy) is 2. The maximum atomic E-state index is 15.5. The third-order valence-electron chi connectivity index (χ3n) is 7.98. The number of carbonyl (C=O) groups is 2. The van der Waals surface area contributed by atoms with Crippen molar-refractivity contribution in [3.8, 4) is 5.75 Å². The zero-order valence-corrected chi connectivity index (χ0v) is 29.3. The van der Waals surface area contributed by atoms with E-state index >= 15 is 8.78 Å². The lowest BCUT2D eigenvalue weighted by Crippen LogP contribution is -2.49. The van der Waals surface area contributed by atoms with Gasteiger partial charge in [-0.25, -0.2) is 22.6 Å². The summed E-state index contributed by atoms with van der Waals surface area (Å²) in [6.07, 6.45) is -0.774. The predicted molar refractivity (Wildman–Crippen MR) is 175 cm³/mol. The van der Waals surface area contributed by atoms with E-state index in [1.165, 1.54) is 24.8 Å². The Kier molecular flexibility index (Phi) is 10.8. The number of rotatable bonds is 12. The van der Waals surface area contributed by atoms with Gasteiger partial charge in [-0.05, 0) is 86.4 Å². The van der Waals surface area contributed by atoms with Crippen LogP contribution in [0.2, 0.25) is 0 Å². The normalized spacial score (nSPS) is 15.4. The number of hydrogen-bond donors (Lipinski definition) is 0. The fourth-order valence-electron chi connectivity index (χ4n) is 5.72. The van der Waals surface area contributed by atoms with Crippen molar-refractivity contribution in [1.29, 1.82) is 0 Å². The highest BCUT2D eigenvalue weighted by molar-refractivity contribution is 6.12. The average Bonchev–Trinajstić information content (AvgIpc) is 3.36. The van der Waals surface area contributed by atoms with Crippen LogP contribution in [0.1, 0.15) is 83.8 Å². The van der Waals surface area contributed by atoms with Crippen LogP contribution in [0.25, 0.3) is 11.0 Å². The molecule has 0 aliphatic carbocycles. The lowest BCUT2D eigenvalue weighted by atomic mass is 9.92. The quantitative estimate of drug-likeness (QED) is 0.152. The fourth-order valence-corrected chi connectivity index (χ4v) is 5.72. The molecule has 13 heteroatoms. The Morgan fingerprint density at radius 2 is 1.67 bits per heavy atom. The molecule has 2 heterocycles. The molecule has 264 valence electrons. The topological polar surface area (TPSA) is 89.8 Å². The van der Waals surface area contributed by atoms with E-state index in [1.807, 2.05) is 25.7 Å². The summed E-state index contributed by atoms with van der Waals surface area (Å²) in [5.41, 5.74) is -2.77. The molecule has 48 heavy (non-hydrogen) atoms. The summed E-state index contributed by atoms with van der Waals surface area (Å²) in [6.45, 7) is 16.4. The zero-order valence-electron chi connectivity index (χ0n) is 29.3. The first kappa shape index (κ1) is 37.1. The number of hydrogen-bond acceptors (Lipinski definition) is 7. The Hall–Kier alpha value is -3.74. The first-order valence-electron chi connectivity index (χ1n) is 16.2. The number of ketones is 1. The van der Waals surface area contributed by atoms with E-state index in [-0.39, 0.29) is 43.5 Å². The molecule has 0 bridgehead atoms. The summed E-state index contributed by atoms with van der Waals surface area (Å²) in [4.78, 5) is 30.5. The summed E-state index contributed by atoms with van der Waals surface area (Å²) in [6, 6.07) is 4.27. The molecule has 0 N–H and O–H groups in total. The van der Waals surface area contributed by atoms with Gasteiger partial charge in [0, 0.05) is 49.3 Å². The van der Waals surface area contributed by atoms with E-state index in [2.05, 4.69) is 10.3 Å².